The average molecular weight is 394 g/mol. The molecule has 0 bridgehead atoms. The van der Waals surface area contributed by atoms with Crippen molar-refractivity contribution in [2.75, 3.05) is 0 Å². The Bertz CT molecular complexity index is 585. The van der Waals surface area contributed by atoms with Crippen molar-refractivity contribution in [2.24, 2.45) is 0 Å². The van der Waals surface area contributed by atoms with Crippen molar-refractivity contribution >= 4 is 51.4 Å². The summed E-state index contributed by atoms with van der Waals surface area (Å²) in [5, 5.41) is 12.3. The van der Waals surface area contributed by atoms with Crippen LogP contribution in [0, 0.1) is 3.57 Å². The van der Waals surface area contributed by atoms with Crippen LogP contribution in [0.3, 0.4) is 0 Å². The van der Waals surface area contributed by atoms with Crippen LogP contribution >= 0.6 is 45.5 Å². The van der Waals surface area contributed by atoms with Crippen LogP contribution in [0.2, 0.25) is 4.34 Å². The maximum Gasteiger partial charge on any atom is 0.251 e. The fourth-order valence-electron chi connectivity index (χ4n) is 1.37. The molecule has 0 aliphatic rings. The Morgan fingerprint density at radius 3 is 2.78 bits per heavy atom. The minimum Gasteiger partial charge on any atom is -0.507 e. The van der Waals surface area contributed by atoms with E-state index in [9.17, 15) is 9.90 Å². The number of carbonyl (C=O) groups is 1. The van der Waals surface area contributed by atoms with Gasteiger partial charge >= 0.3 is 0 Å². The van der Waals surface area contributed by atoms with Gasteiger partial charge in [-0.1, -0.05) is 11.6 Å². The van der Waals surface area contributed by atoms with Crippen molar-refractivity contribution in [1.29, 1.82) is 0 Å². The summed E-state index contributed by atoms with van der Waals surface area (Å²) < 4.78 is 1.42. The Balaban J connectivity index is 2.01. The van der Waals surface area contributed by atoms with Crippen molar-refractivity contribution in [3.63, 3.8) is 0 Å². The van der Waals surface area contributed by atoms with Crippen LogP contribution in [0.4, 0.5) is 0 Å². The van der Waals surface area contributed by atoms with Gasteiger partial charge in [0.2, 0.25) is 0 Å². The van der Waals surface area contributed by atoms with E-state index in [0.717, 1.165) is 4.88 Å². The maximum absolute atomic E-state index is 11.8. The highest BCUT2D eigenvalue weighted by Crippen LogP contribution is 2.22. The number of thiophene rings is 1. The van der Waals surface area contributed by atoms with Gasteiger partial charge in [0.05, 0.1) is 14.5 Å². The molecule has 0 aliphatic heterocycles. The van der Waals surface area contributed by atoms with E-state index in [1.54, 1.807) is 18.2 Å². The third kappa shape index (κ3) is 3.37. The molecule has 0 saturated heterocycles. The third-order valence-corrected chi connectivity index (χ3v) is 4.40. The molecule has 2 rings (SSSR count). The largest absolute Gasteiger partial charge is 0.507 e. The summed E-state index contributed by atoms with van der Waals surface area (Å²) in [7, 11) is 0. The van der Waals surface area contributed by atoms with Crippen molar-refractivity contribution in [1.82, 2.24) is 5.32 Å². The molecule has 1 aromatic carbocycles. The minimum absolute atomic E-state index is 0.113. The minimum atomic E-state index is -0.216. The van der Waals surface area contributed by atoms with E-state index in [2.05, 4.69) is 5.32 Å². The summed E-state index contributed by atoms with van der Waals surface area (Å²) in [6.07, 6.45) is 0. The zero-order valence-corrected chi connectivity index (χ0v) is 12.8. The molecule has 0 spiro atoms. The second-order valence-electron chi connectivity index (χ2n) is 3.55. The molecule has 1 heterocycles. The van der Waals surface area contributed by atoms with Crippen LogP contribution < -0.4 is 5.32 Å². The Labute approximate surface area is 127 Å². The van der Waals surface area contributed by atoms with Gasteiger partial charge in [0.25, 0.3) is 5.91 Å². The van der Waals surface area contributed by atoms with Gasteiger partial charge in [-0.05, 0) is 52.9 Å². The second-order valence-corrected chi connectivity index (χ2v) is 6.52. The first-order chi connectivity index (χ1) is 8.56. The Morgan fingerprint density at radius 2 is 2.17 bits per heavy atom. The van der Waals surface area contributed by atoms with Crippen LogP contribution in [0.1, 0.15) is 15.2 Å². The second kappa shape index (κ2) is 5.90. The quantitative estimate of drug-likeness (QED) is 0.782. The molecule has 1 amide bonds. The molecule has 6 heteroatoms. The van der Waals surface area contributed by atoms with Crippen molar-refractivity contribution in [3.8, 4) is 5.75 Å². The predicted molar refractivity (Wildman–Crippen MR) is 81.3 cm³/mol. The van der Waals surface area contributed by atoms with Gasteiger partial charge in [0.1, 0.15) is 5.75 Å². The molecule has 0 fully saturated rings. The van der Waals surface area contributed by atoms with Crippen LogP contribution in [0.25, 0.3) is 0 Å². The number of aromatic hydroxyl groups is 1. The first-order valence-electron chi connectivity index (χ1n) is 5.07. The molecule has 94 valence electrons. The van der Waals surface area contributed by atoms with Gasteiger partial charge in [-0.15, -0.1) is 11.3 Å². The summed E-state index contributed by atoms with van der Waals surface area (Å²) in [6, 6.07) is 8.51. The molecule has 1 aromatic heterocycles. The number of rotatable bonds is 3. The molecular weight excluding hydrogens is 385 g/mol. The van der Waals surface area contributed by atoms with Gasteiger partial charge in [-0.25, -0.2) is 0 Å². The highest BCUT2D eigenvalue weighted by molar-refractivity contribution is 14.1. The van der Waals surface area contributed by atoms with E-state index in [1.165, 1.54) is 17.4 Å². The van der Waals surface area contributed by atoms with Crippen LogP contribution in [0.5, 0.6) is 5.75 Å². The normalized spacial score (nSPS) is 10.3. The number of halogens is 2. The summed E-state index contributed by atoms with van der Waals surface area (Å²) in [5.74, 6) is -0.103. The SMILES string of the molecule is O=C(NCc1ccc(Cl)s1)c1ccc(I)c(O)c1. The van der Waals surface area contributed by atoms with Crippen LogP contribution in [0.15, 0.2) is 30.3 Å². The molecule has 0 aliphatic carbocycles. The fraction of sp³-hybridized carbons (Fsp3) is 0.0833. The monoisotopic (exact) mass is 393 g/mol. The Morgan fingerprint density at radius 1 is 1.39 bits per heavy atom. The molecule has 3 nitrogen and oxygen atoms in total. The van der Waals surface area contributed by atoms with E-state index in [0.29, 0.717) is 20.0 Å². The van der Waals surface area contributed by atoms with E-state index in [4.69, 9.17) is 11.6 Å². The zero-order chi connectivity index (χ0) is 13.1. The fourth-order valence-corrected chi connectivity index (χ4v) is 2.73. The highest BCUT2D eigenvalue weighted by Gasteiger charge is 2.08. The highest BCUT2D eigenvalue weighted by atomic mass is 127. The van der Waals surface area contributed by atoms with Gasteiger partial charge in [0.15, 0.2) is 0 Å². The number of amides is 1. The van der Waals surface area contributed by atoms with E-state index in [1.807, 2.05) is 28.7 Å². The number of benzene rings is 1. The molecule has 0 unspecified atom stereocenters. The summed E-state index contributed by atoms with van der Waals surface area (Å²) in [6.45, 7) is 0.434. The lowest BCUT2D eigenvalue weighted by atomic mass is 10.2. The smallest absolute Gasteiger partial charge is 0.251 e. The lowest BCUT2D eigenvalue weighted by molar-refractivity contribution is 0.0951. The molecule has 2 N–H and O–H groups in total. The summed E-state index contributed by atoms with van der Waals surface area (Å²) in [4.78, 5) is 12.8. The zero-order valence-electron chi connectivity index (χ0n) is 9.11. The molecule has 0 saturated carbocycles. The topological polar surface area (TPSA) is 49.3 Å². The first kappa shape index (κ1) is 13.6. The number of nitrogens with one attached hydrogen (secondary N) is 1. The van der Waals surface area contributed by atoms with E-state index >= 15 is 0 Å². The Kier molecular flexibility index (Phi) is 4.47. The van der Waals surface area contributed by atoms with Gasteiger partial charge in [-0.2, -0.15) is 0 Å². The van der Waals surface area contributed by atoms with E-state index < -0.39 is 0 Å². The molecular formula is C12H9ClINO2S. The lowest BCUT2D eigenvalue weighted by Gasteiger charge is -2.05. The number of phenolic OH excluding ortho intramolecular Hbond substituents is 1. The van der Waals surface area contributed by atoms with Gasteiger partial charge in [-0.3, -0.25) is 4.79 Å². The van der Waals surface area contributed by atoms with Crippen molar-refractivity contribution in [2.45, 2.75) is 6.54 Å². The lowest BCUT2D eigenvalue weighted by Crippen LogP contribution is -2.22. The van der Waals surface area contributed by atoms with Gasteiger partial charge in [0, 0.05) is 10.4 Å². The first-order valence-corrected chi connectivity index (χ1v) is 7.34. The predicted octanol–water partition coefficient (Wildman–Crippen LogP) is 3.64. The maximum atomic E-state index is 11.8. The number of phenols is 1. The molecule has 2 aromatic rings. The Hall–Kier alpha value is -0.790. The average Bonchev–Trinajstić information content (AvgIpc) is 2.75. The molecule has 0 atom stereocenters. The number of carbonyl (C=O) groups excluding carboxylic acids is 1. The van der Waals surface area contributed by atoms with Gasteiger partial charge < -0.3 is 10.4 Å². The molecule has 0 radical (unpaired) electrons. The summed E-state index contributed by atoms with van der Waals surface area (Å²) in [5.41, 5.74) is 0.440. The van der Waals surface area contributed by atoms with Crippen LogP contribution in [-0.2, 0) is 6.54 Å². The third-order valence-electron chi connectivity index (χ3n) is 2.26. The number of hydrogen-bond donors (Lipinski definition) is 2. The van der Waals surface area contributed by atoms with Crippen molar-refractivity contribution < 1.29 is 9.90 Å². The summed E-state index contributed by atoms with van der Waals surface area (Å²) >= 11 is 9.24. The van der Waals surface area contributed by atoms with E-state index in [-0.39, 0.29) is 11.7 Å². The van der Waals surface area contributed by atoms with Crippen molar-refractivity contribution in [3.05, 3.63) is 48.7 Å². The number of hydrogen-bond acceptors (Lipinski definition) is 3. The van der Waals surface area contributed by atoms with Crippen LogP contribution in [-0.4, -0.2) is 11.0 Å². The standard InChI is InChI=1S/C12H9ClINO2S/c13-11-4-2-8(18-11)6-15-12(17)7-1-3-9(14)10(16)5-7/h1-5,16H,6H2,(H,15,17). The molecule has 18 heavy (non-hydrogen) atoms.